The predicted molar refractivity (Wildman–Crippen MR) is 116 cm³/mol. The molecule has 1 atom stereocenters. The molecule has 30 heavy (non-hydrogen) atoms. The Morgan fingerprint density at radius 3 is 2.50 bits per heavy atom. The lowest BCUT2D eigenvalue weighted by molar-refractivity contribution is -0.122. The van der Waals surface area contributed by atoms with E-state index in [1.807, 2.05) is 13.0 Å². The second-order valence-electron chi connectivity index (χ2n) is 7.89. The highest BCUT2D eigenvalue weighted by molar-refractivity contribution is 7.88. The van der Waals surface area contributed by atoms with Crippen LogP contribution < -0.4 is 5.32 Å². The van der Waals surface area contributed by atoms with Gasteiger partial charge in [-0.05, 0) is 54.9 Å². The molecule has 0 fully saturated rings. The van der Waals surface area contributed by atoms with Gasteiger partial charge in [0, 0.05) is 12.1 Å². The summed E-state index contributed by atoms with van der Waals surface area (Å²) in [5.74, 6) is -0.895. The van der Waals surface area contributed by atoms with Crippen LogP contribution in [-0.4, -0.2) is 31.4 Å². The molecule has 0 saturated carbocycles. The van der Waals surface area contributed by atoms with Crippen LogP contribution in [0.3, 0.4) is 0 Å². The number of amides is 1. The molecule has 1 aliphatic rings. The molecule has 0 aliphatic heterocycles. The Balaban J connectivity index is 1.71. The lowest BCUT2D eigenvalue weighted by atomic mass is 9.89. The third-order valence-electron chi connectivity index (χ3n) is 5.61. The molecule has 1 aliphatic carbocycles. The third kappa shape index (κ3) is 5.67. The lowest BCUT2D eigenvalue weighted by Crippen LogP contribution is -2.41. The fraction of sp³-hybridized carbons (Fsp3) is 0.435. The fourth-order valence-electron chi connectivity index (χ4n) is 3.90. The highest BCUT2D eigenvalue weighted by Gasteiger charge is 2.23. The summed E-state index contributed by atoms with van der Waals surface area (Å²) in [7, 11) is -3.69. The minimum Gasteiger partial charge on any atom is -0.348 e. The van der Waals surface area contributed by atoms with Crippen molar-refractivity contribution in [3.05, 3.63) is 70.5 Å². The molecule has 3 rings (SSSR count). The van der Waals surface area contributed by atoms with Crippen LogP contribution in [0.1, 0.15) is 54.5 Å². The van der Waals surface area contributed by atoms with Gasteiger partial charge in [-0.15, -0.1) is 0 Å². The van der Waals surface area contributed by atoms with Crippen LogP contribution in [0.4, 0.5) is 4.39 Å². The van der Waals surface area contributed by atoms with Crippen LogP contribution in [0.2, 0.25) is 0 Å². The molecule has 7 heteroatoms. The standard InChI is InChI=1S/C23H29FN2O3S/c1-3-22(19-13-12-17-8-4-5-9-18(17)14-19)25-23(27)16-26(30(2,28)29)15-20-10-6-7-11-21(20)24/h6-7,10-14,22H,3-5,8-9,15-16H2,1-2H3,(H,25,27)/t22-/m1/s1. The summed E-state index contributed by atoms with van der Waals surface area (Å²) < 4.78 is 39.4. The van der Waals surface area contributed by atoms with Crippen molar-refractivity contribution in [1.29, 1.82) is 0 Å². The van der Waals surface area contributed by atoms with Crippen molar-refractivity contribution in [3.63, 3.8) is 0 Å². The topological polar surface area (TPSA) is 66.5 Å². The smallest absolute Gasteiger partial charge is 0.235 e. The maximum atomic E-state index is 14.0. The molecule has 0 saturated heterocycles. The summed E-state index contributed by atoms with van der Waals surface area (Å²) in [5.41, 5.74) is 3.98. The third-order valence-corrected chi connectivity index (χ3v) is 6.81. The van der Waals surface area contributed by atoms with Crippen molar-refractivity contribution in [2.45, 2.75) is 51.6 Å². The molecule has 0 bridgehead atoms. The molecular formula is C23H29FN2O3S. The van der Waals surface area contributed by atoms with Crippen LogP contribution in [0.15, 0.2) is 42.5 Å². The van der Waals surface area contributed by atoms with Crippen molar-refractivity contribution >= 4 is 15.9 Å². The first-order chi connectivity index (χ1) is 14.3. The average molecular weight is 433 g/mol. The van der Waals surface area contributed by atoms with Crippen LogP contribution in [0.5, 0.6) is 0 Å². The van der Waals surface area contributed by atoms with E-state index in [0.29, 0.717) is 6.42 Å². The zero-order chi connectivity index (χ0) is 21.7. The molecule has 2 aromatic carbocycles. The monoisotopic (exact) mass is 432 g/mol. The Hall–Kier alpha value is -2.25. The van der Waals surface area contributed by atoms with Crippen molar-refractivity contribution in [2.75, 3.05) is 12.8 Å². The molecule has 0 spiro atoms. The van der Waals surface area contributed by atoms with Gasteiger partial charge in [-0.3, -0.25) is 4.79 Å². The number of nitrogens with one attached hydrogen (secondary N) is 1. The van der Waals surface area contributed by atoms with Gasteiger partial charge in [0.25, 0.3) is 0 Å². The summed E-state index contributed by atoms with van der Waals surface area (Å²) in [6.07, 6.45) is 6.26. The number of nitrogens with zero attached hydrogens (tertiary/aromatic N) is 1. The van der Waals surface area contributed by atoms with Gasteiger partial charge >= 0.3 is 0 Å². The van der Waals surface area contributed by atoms with Gasteiger partial charge in [-0.1, -0.05) is 43.3 Å². The Morgan fingerprint density at radius 1 is 1.13 bits per heavy atom. The van der Waals surface area contributed by atoms with E-state index in [9.17, 15) is 17.6 Å². The van der Waals surface area contributed by atoms with Crippen molar-refractivity contribution < 1.29 is 17.6 Å². The number of sulfonamides is 1. The van der Waals surface area contributed by atoms with E-state index in [-0.39, 0.29) is 24.7 Å². The van der Waals surface area contributed by atoms with E-state index in [2.05, 4.69) is 17.4 Å². The van der Waals surface area contributed by atoms with Gasteiger partial charge < -0.3 is 5.32 Å². The Labute approximate surface area is 178 Å². The number of hydrogen-bond donors (Lipinski definition) is 1. The second-order valence-corrected chi connectivity index (χ2v) is 9.87. The minimum absolute atomic E-state index is 0.186. The summed E-state index contributed by atoms with van der Waals surface area (Å²) in [4.78, 5) is 12.7. The van der Waals surface area contributed by atoms with E-state index in [1.54, 1.807) is 12.1 Å². The molecule has 0 aromatic heterocycles. The van der Waals surface area contributed by atoms with Crippen LogP contribution in [0, 0.1) is 5.82 Å². The highest BCUT2D eigenvalue weighted by Crippen LogP contribution is 2.26. The van der Waals surface area contributed by atoms with Crippen molar-refractivity contribution in [1.82, 2.24) is 9.62 Å². The number of carbonyl (C=O) groups excluding carboxylic acids is 1. The van der Waals surface area contributed by atoms with E-state index >= 15 is 0 Å². The zero-order valence-corrected chi connectivity index (χ0v) is 18.3. The molecule has 0 radical (unpaired) electrons. The van der Waals surface area contributed by atoms with Gasteiger partial charge in [0.2, 0.25) is 15.9 Å². The summed E-state index contributed by atoms with van der Waals surface area (Å²) in [6, 6.07) is 12.1. The van der Waals surface area contributed by atoms with Gasteiger partial charge in [-0.25, -0.2) is 12.8 Å². The van der Waals surface area contributed by atoms with E-state index in [0.717, 1.165) is 29.0 Å². The number of fused-ring (bicyclic) bond motifs is 1. The SMILES string of the molecule is CC[C@@H](NC(=O)CN(Cc1ccccc1F)S(C)(=O)=O)c1ccc2c(c1)CCCC2. The average Bonchev–Trinajstić information content (AvgIpc) is 2.72. The predicted octanol–water partition coefficient (Wildman–Crippen LogP) is 3.73. The normalized spacial score (nSPS) is 14.9. The van der Waals surface area contributed by atoms with E-state index in [4.69, 9.17) is 0 Å². The zero-order valence-electron chi connectivity index (χ0n) is 17.5. The minimum atomic E-state index is -3.69. The lowest BCUT2D eigenvalue weighted by Gasteiger charge is -2.24. The molecule has 1 N–H and O–H groups in total. The fourth-order valence-corrected chi connectivity index (χ4v) is 4.62. The quantitative estimate of drug-likeness (QED) is 0.691. The number of benzene rings is 2. The maximum absolute atomic E-state index is 14.0. The van der Waals surface area contributed by atoms with Gasteiger partial charge in [0.15, 0.2) is 0 Å². The number of rotatable bonds is 8. The molecular weight excluding hydrogens is 403 g/mol. The molecule has 0 heterocycles. The van der Waals surface area contributed by atoms with Crippen LogP contribution in [-0.2, 0) is 34.2 Å². The Kier molecular flexibility index (Phi) is 7.26. The molecule has 5 nitrogen and oxygen atoms in total. The number of aryl methyl sites for hydroxylation is 2. The first-order valence-electron chi connectivity index (χ1n) is 10.4. The van der Waals surface area contributed by atoms with E-state index in [1.165, 1.54) is 36.1 Å². The van der Waals surface area contributed by atoms with Gasteiger partial charge in [0.05, 0.1) is 18.8 Å². The van der Waals surface area contributed by atoms with Crippen LogP contribution in [0.25, 0.3) is 0 Å². The molecule has 2 aromatic rings. The van der Waals surface area contributed by atoms with Crippen molar-refractivity contribution in [3.8, 4) is 0 Å². The Morgan fingerprint density at radius 2 is 1.83 bits per heavy atom. The largest absolute Gasteiger partial charge is 0.348 e. The van der Waals surface area contributed by atoms with Gasteiger partial charge in [-0.2, -0.15) is 4.31 Å². The number of halogens is 1. The first kappa shape index (κ1) is 22.4. The summed E-state index contributed by atoms with van der Waals surface area (Å²) in [6.45, 7) is 1.45. The van der Waals surface area contributed by atoms with Crippen LogP contribution >= 0.6 is 0 Å². The molecule has 162 valence electrons. The molecule has 0 unspecified atom stereocenters. The number of hydrogen-bond acceptors (Lipinski definition) is 3. The maximum Gasteiger partial charge on any atom is 0.235 e. The summed E-state index contributed by atoms with van der Waals surface area (Å²) >= 11 is 0. The second kappa shape index (κ2) is 9.71. The van der Waals surface area contributed by atoms with E-state index < -0.39 is 21.7 Å². The highest BCUT2D eigenvalue weighted by atomic mass is 32.2. The summed E-state index contributed by atoms with van der Waals surface area (Å²) in [5, 5.41) is 2.95. The molecule has 1 amide bonds. The first-order valence-corrected chi connectivity index (χ1v) is 12.2. The number of carbonyl (C=O) groups is 1. The van der Waals surface area contributed by atoms with Gasteiger partial charge in [0.1, 0.15) is 5.82 Å². The Bertz CT molecular complexity index is 1010. The van der Waals surface area contributed by atoms with Crippen molar-refractivity contribution in [2.24, 2.45) is 0 Å².